The van der Waals surface area contributed by atoms with E-state index < -0.39 is 5.41 Å². The molecule has 3 heterocycles. The third kappa shape index (κ3) is 2.19. The van der Waals surface area contributed by atoms with Gasteiger partial charge in [-0.3, -0.25) is 14.6 Å². The summed E-state index contributed by atoms with van der Waals surface area (Å²) in [5.74, 6) is -0.377. The Morgan fingerprint density at radius 2 is 2.29 bits per heavy atom. The van der Waals surface area contributed by atoms with Crippen molar-refractivity contribution >= 4 is 11.9 Å². The zero-order chi connectivity index (χ0) is 15.0. The molecule has 2 atom stereocenters. The summed E-state index contributed by atoms with van der Waals surface area (Å²) in [6, 6.07) is 1.81. The number of carbonyl (C=O) groups is 2. The maximum atomic E-state index is 12.6. The van der Waals surface area contributed by atoms with Crippen LogP contribution in [0.1, 0.15) is 15.9 Å². The molecule has 0 saturated carbocycles. The number of hydrogen-bond donors (Lipinski definition) is 0. The topological polar surface area (TPSA) is 68.7 Å². The molecule has 112 valence electrons. The summed E-state index contributed by atoms with van der Waals surface area (Å²) in [7, 11) is 1.38. The minimum Gasteiger partial charge on any atom is -0.468 e. The zero-order valence-electron chi connectivity index (χ0n) is 12.2. The molecule has 0 unspecified atom stereocenters. The van der Waals surface area contributed by atoms with Crippen molar-refractivity contribution in [2.75, 3.05) is 33.4 Å². The molecule has 0 aromatic carbocycles. The van der Waals surface area contributed by atoms with Gasteiger partial charge in [-0.1, -0.05) is 0 Å². The number of hydrogen-bond acceptors (Lipinski definition) is 5. The molecule has 1 amide bonds. The number of carbonyl (C=O) groups excluding carboxylic acids is 2. The van der Waals surface area contributed by atoms with Crippen LogP contribution in [0.4, 0.5) is 0 Å². The van der Waals surface area contributed by atoms with Crippen molar-refractivity contribution in [1.29, 1.82) is 0 Å². The van der Waals surface area contributed by atoms with Crippen LogP contribution in [0.3, 0.4) is 0 Å². The van der Waals surface area contributed by atoms with E-state index in [0.29, 0.717) is 31.9 Å². The largest absolute Gasteiger partial charge is 0.468 e. The summed E-state index contributed by atoms with van der Waals surface area (Å²) in [6.45, 7) is 3.57. The SMILES string of the molecule is COC(=O)[C@@]12COC[C@@H]1CN(C(=O)c1cncc(C)c1)C2. The van der Waals surface area contributed by atoms with Crippen molar-refractivity contribution in [2.45, 2.75) is 6.92 Å². The van der Waals surface area contributed by atoms with E-state index in [1.807, 2.05) is 13.0 Å². The maximum absolute atomic E-state index is 12.6. The Morgan fingerprint density at radius 3 is 3.00 bits per heavy atom. The Balaban J connectivity index is 1.83. The zero-order valence-corrected chi connectivity index (χ0v) is 12.2. The van der Waals surface area contributed by atoms with E-state index in [9.17, 15) is 9.59 Å². The highest BCUT2D eigenvalue weighted by Gasteiger charge is 2.57. The number of nitrogens with zero attached hydrogens (tertiary/aromatic N) is 2. The molecule has 0 radical (unpaired) electrons. The van der Waals surface area contributed by atoms with E-state index in [1.54, 1.807) is 17.3 Å². The first-order valence-electron chi connectivity index (χ1n) is 6.94. The van der Waals surface area contributed by atoms with Gasteiger partial charge in [-0.25, -0.2) is 0 Å². The van der Waals surface area contributed by atoms with Crippen molar-refractivity contribution in [2.24, 2.45) is 11.3 Å². The van der Waals surface area contributed by atoms with Crippen LogP contribution in [0.5, 0.6) is 0 Å². The second kappa shape index (κ2) is 5.11. The van der Waals surface area contributed by atoms with Gasteiger partial charge in [0.25, 0.3) is 5.91 Å². The Hall–Kier alpha value is -1.95. The summed E-state index contributed by atoms with van der Waals surface area (Å²) < 4.78 is 10.4. The number of aromatic nitrogens is 1. The number of esters is 1. The first-order valence-corrected chi connectivity index (χ1v) is 6.94. The number of rotatable bonds is 2. The van der Waals surface area contributed by atoms with Crippen LogP contribution in [0.15, 0.2) is 18.5 Å². The van der Waals surface area contributed by atoms with Crippen molar-refractivity contribution in [3.05, 3.63) is 29.6 Å². The summed E-state index contributed by atoms with van der Waals surface area (Å²) in [5, 5.41) is 0. The quantitative estimate of drug-likeness (QED) is 0.748. The molecule has 2 saturated heterocycles. The van der Waals surface area contributed by atoms with Crippen LogP contribution in [-0.2, 0) is 14.3 Å². The van der Waals surface area contributed by atoms with Crippen LogP contribution >= 0.6 is 0 Å². The first-order chi connectivity index (χ1) is 10.1. The van der Waals surface area contributed by atoms with E-state index in [0.717, 1.165) is 5.56 Å². The number of aryl methyl sites for hydroxylation is 1. The van der Waals surface area contributed by atoms with Gasteiger partial charge < -0.3 is 14.4 Å². The molecule has 0 N–H and O–H groups in total. The number of pyridine rings is 1. The first kappa shape index (κ1) is 14.0. The lowest BCUT2D eigenvalue weighted by atomic mass is 9.81. The van der Waals surface area contributed by atoms with Crippen LogP contribution in [0, 0.1) is 18.3 Å². The summed E-state index contributed by atoms with van der Waals surface area (Å²) in [6.07, 6.45) is 3.27. The average molecular weight is 290 g/mol. The molecule has 2 aliphatic rings. The molecule has 1 aromatic heterocycles. The average Bonchev–Trinajstić information content (AvgIpc) is 3.03. The summed E-state index contributed by atoms with van der Waals surface area (Å²) in [4.78, 5) is 30.5. The van der Waals surface area contributed by atoms with Crippen LogP contribution in [-0.4, -0.2) is 55.2 Å². The Morgan fingerprint density at radius 1 is 1.48 bits per heavy atom. The fraction of sp³-hybridized carbons (Fsp3) is 0.533. The number of likely N-dealkylation sites (tertiary alicyclic amines) is 1. The molecule has 3 rings (SSSR count). The molecule has 21 heavy (non-hydrogen) atoms. The molecule has 2 fully saturated rings. The van der Waals surface area contributed by atoms with Gasteiger partial charge >= 0.3 is 5.97 Å². The molecule has 0 bridgehead atoms. The third-order valence-corrected chi connectivity index (χ3v) is 4.37. The molecule has 1 aromatic rings. The lowest BCUT2D eigenvalue weighted by Gasteiger charge is -2.23. The number of fused-ring (bicyclic) bond motifs is 1. The Kier molecular flexibility index (Phi) is 3.41. The predicted molar refractivity (Wildman–Crippen MR) is 73.6 cm³/mol. The third-order valence-electron chi connectivity index (χ3n) is 4.37. The summed E-state index contributed by atoms with van der Waals surface area (Å²) in [5.41, 5.74) is 0.781. The molecular formula is C15H18N2O4. The van der Waals surface area contributed by atoms with Crippen LogP contribution < -0.4 is 0 Å². The van der Waals surface area contributed by atoms with Gasteiger partial charge in [-0.15, -0.1) is 0 Å². The van der Waals surface area contributed by atoms with Gasteiger partial charge in [-0.05, 0) is 18.6 Å². The van der Waals surface area contributed by atoms with E-state index in [1.165, 1.54) is 7.11 Å². The lowest BCUT2D eigenvalue weighted by molar-refractivity contribution is -0.153. The number of ether oxygens (including phenoxy) is 2. The minimum absolute atomic E-state index is 0.00617. The number of amides is 1. The van der Waals surface area contributed by atoms with Gasteiger partial charge in [-0.2, -0.15) is 0 Å². The van der Waals surface area contributed by atoms with Crippen LogP contribution in [0.2, 0.25) is 0 Å². The smallest absolute Gasteiger partial charge is 0.316 e. The monoisotopic (exact) mass is 290 g/mol. The van der Waals surface area contributed by atoms with Crippen molar-refractivity contribution in [3.8, 4) is 0 Å². The van der Waals surface area contributed by atoms with Gasteiger partial charge in [0, 0.05) is 31.4 Å². The van der Waals surface area contributed by atoms with Crippen molar-refractivity contribution < 1.29 is 19.1 Å². The van der Waals surface area contributed by atoms with Gasteiger partial charge in [0.2, 0.25) is 0 Å². The highest BCUT2D eigenvalue weighted by Crippen LogP contribution is 2.42. The Labute approximate surface area is 123 Å². The van der Waals surface area contributed by atoms with E-state index in [4.69, 9.17) is 9.47 Å². The molecule has 0 aliphatic carbocycles. The molecule has 2 aliphatic heterocycles. The van der Waals surface area contributed by atoms with Gasteiger partial charge in [0.15, 0.2) is 0 Å². The molecule has 6 heteroatoms. The van der Waals surface area contributed by atoms with Gasteiger partial charge in [0.05, 0.1) is 25.9 Å². The number of methoxy groups -OCH3 is 1. The van der Waals surface area contributed by atoms with E-state index in [-0.39, 0.29) is 17.8 Å². The fourth-order valence-corrected chi connectivity index (χ4v) is 3.24. The standard InChI is InChI=1S/C15H18N2O4/c1-10-3-11(5-16-4-10)13(18)17-6-12-7-21-9-15(12,8-17)14(19)20-2/h3-5,12H,6-9H2,1-2H3/t12-,15-/m0/s1. The molecular weight excluding hydrogens is 272 g/mol. The minimum atomic E-state index is -0.707. The maximum Gasteiger partial charge on any atom is 0.316 e. The fourth-order valence-electron chi connectivity index (χ4n) is 3.24. The Bertz CT molecular complexity index is 589. The van der Waals surface area contributed by atoms with E-state index >= 15 is 0 Å². The van der Waals surface area contributed by atoms with E-state index in [2.05, 4.69) is 4.98 Å². The van der Waals surface area contributed by atoms with Crippen LogP contribution in [0.25, 0.3) is 0 Å². The lowest BCUT2D eigenvalue weighted by Crippen LogP contribution is -2.41. The van der Waals surface area contributed by atoms with Gasteiger partial charge in [0.1, 0.15) is 5.41 Å². The second-order valence-corrected chi connectivity index (χ2v) is 5.80. The highest BCUT2D eigenvalue weighted by atomic mass is 16.5. The van der Waals surface area contributed by atoms with Crippen molar-refractivity contribution in [1.82, 2.24) is 9.88 Å². The predicted octanol–water partition coefficient (Wildman–Crippen LogP) is 0.652. The molecule has 0 spiro atoms. The van der Waals surface area contributed by atoms with Crippen molar-refractivity contribution in [3.63, 3.8) is 0 Å². The second-order valence-electron chi connectivity index (χ2n) is 5.80. The molecule has 6 nitrogen and oxygen atoms in total. The highest BCUT2D eigenvalue weighted by molar-refractivity contribution is 5.95. The summed E-state index contributed by atoms with van der Waals surface area (Å²) >= 11 is 0. The normalized spacial score (nSPS) is 27.5.